The van der Waals surface area contributed by atoms with E-state index in [1.807, 2.05) is 43.6 Å². The van der Waals surface area contributed by atoms with Crippen LogP contribution in [0.5, 0.6) is 5.88 Å². The van der Waals surface area contributed by atoms with Crippen LogP contribution in [0, 0.1) is 5.92 Å². The highest BCUT2D eigenvalue weighted by Gasteiger charge is 2.22. The van der Waals surface area contributed by atoms with E-state index >= 15 is 0 Å². The van der Waals surface area contributed by atoms with Crippen LogP contribution < -0.4 is 16.2 Å². The maximum atomic E-state index is 6.56. The topological polar surface area (TPSA) is 118 Å². The van der Waals surface area contributed by atoms with Gasteiger partial charge in [0, 0.05) is 36.4 Å². The second-order valence-corrected chi connectivity index (χ2v) is 9.02. The van der Waals surface area contributed by atoms with Crippen LogP contribution >= 0.6 is 11.6 Å². The summed E-state index contributed by atoms with van der Waals surface area (Å²) in [6.45, 7) is 0.538. The third-order valence-electron chi connectivity index (χ3n) is 6.12. The van der Waals surface area contributed by atoms with E-state index in [4.69, 9.17) is 32.8 Å². The van der Waals surface area contributed by atoms with Crippen LogP contribution in [0.4, 0.5) is 5.82 Å². The lowest BCUT2D eigenvalue weighted by molar-refractivity contribution is 0.196. The Labute approximate surface area is 197 Å². The number of anilines is 1. The predicted molar refractivity (Wildman–Crippen MR) is 130 cm³/mol. The molecular formula is C24H26ClN7O. The Bertz CT molecular complexity index is 1300. The minimum atomic E-state index is 0.237. The maximum Gasteiger partial charge on any atom is 0.257 e. The van der Waals surface area contributed by atoms with Gasteiger partial charge in [0.1, 0.15) is 17.1 Å². The lowest BCUT2D eigenvalue weighted by atomic mass is 9.87. The molecule has 0 radical (unpaired) electrons. The number of rotatable bonds is 5. The van der Waals surface area contributed by atoms with Crippen molar-refractivity contribution in [1.29, 1.82) is 0 Å². The molecule has 33 heavy (non-hydrogen) atoms. The predicted octanol–water partition coefficient (Wildman–Crippen LogP) is 4.22. The first-order chi connectivity index (χ1) is 16.0. The fourth-order valence-electron chi connectivity index (χ4n) is 4.30. The molecule has 0 atom stereocenters. The summed E-state index contributed by atoms with van der Waals surface area (Å²) in [7, 11) is 1.85. The number of hydrogen-bond acceptors (Lipinski definition) is 7. The van der Waals surface area contributed by atoms with Crippen LogP contribution in [-0.2, 0) is 7.05 Å². The normalized spacial score (nSPS) is 18.5. The fraction of sp³-hybridized carbons (Fsp3) is 0.333. The van der Waals surface area contributed by atoms with E-state index < -0.39 is 0 Å². The van der Waals surface area contributed by atoms with E-state index in [1.165, 1.54) is 0 Å². The zero-order chi connectivity index (χ0) is 22.9. The first-order valence-corrected chi connectivity index (χ1v) is 11.5. The molecule has 1 fully saturated rings. The molecule has 0 aliphatic heterocycles. The van der Waals surface area contributed by atoms with Gasteiger partial charge in [0.25, 0.3) is 5.88 Å². The summed E-state index contributed by atoms with van der Waals surface area (Å²) in [6.07, 6.45) is 7.69. The zero-order valence-corrected chi connectivity index (χ0v) is 19.2. The lowest BCUT2D eigenvalue weighted by Crippen LogP contribution is -2.29. The number of pyridine rings is 1. The smallest absolute Gasteiger partial charge is 0.257 e. The van der Waals surface area contributed by atoms with Crippen molar-refractivity contribution >= 4 is 28.3 Å². The van der Waals surface area contributed by atoms with E-state index in [9.17, 15) is 0 Å². The fourth-order valence-corrected chi connectivity index (χ4v) is 4.57. The van der Waals surface area contributed by atoms with Gasteiger partial charge in [0.15, 0.2) is 5.82 Å². The molecule has 3 aromatic heterocycles. The van der Waals surface area contributed by atoms with Crippen LogP contribution in [0.3, 0.4) is 0 Å². The lowest BCUT2D eigenvalue weighted by Gasteiger charge is -2.26. The first-order valence-electron chi connectivity index (χ1n) is 11.1. The van der Waals surface area contributed by atoms with E-state index in [2.05, 4.69) is 15.1 Å². The highest BCUT2D eigenvalue weighted by molar-refractivity contribution is 6.35. The monoisotopic (exact) mass is 463 g/mol. The number of hydrogen-bond donors (Lipinski definition) is 2. The number of halogens is 1. The highest BCUT2D eigenvalue weighted by atomic mass is 35.5. The van der Waals surface area contributed by atoms with Gasteiger partial charge in [0.2, 0.25) is 0 Å². The number of ether oxygens (including phenoxy) is 1. The number of nitrogens with two attached hydrogens (primary N) is 2. The van der Waals surface area contributed by atoms with Gasteiger partial charge in [-0.2, -0.15) is 5.10 Å². The standard InChI is InChI=1S/C24H26ClN7O/c1-32-10-8-19(31-32)22-21(16-11-15-3-2-9-28-20(15)18(25)12-16)30-24(23(27)29-22)33-13-14-4-6-17(26)7-5-14/h2-3,8-12,14,17H,4-7,13,26H2,1H3,(H2,27,29). The van der Waals surface area contributed by atoms with Crippen LogP contribution in [-0.4, -0.2) is 37.4 Å². The molecule has 8 nitrogen and oxygen atoms in total. The third kappa shape index (κ3) is 4.49. The van der Waals surface area contributed by atoms with Gasteiger partial charge < -0.3 is 16.2 Å². The molecule has 1 saturated carbocycles. The first kappa shape index (κ1) is 21.6. The average molecular weight is 464 g/mol. The summed E-state index contributed by atoms with van der Waals surface area (Å²) >= 11 is 6.56. The summed E-state index contributed by atoms with van der Waals surface area (Å²) < 4.78 is 7.79. The van der Waals surface area contributed by atoms with Crippen LogP contribution in [0.1, 0.15) is 25.7 Å². The number of nitrogen functional groups attached to an aromatic ring is 1. The van der Waals surface area contributed by atoms with Crippen molar-refractivity contribution in [2.75, 3.05) is 12.3 Å². The van der Waals surface area contributed by atoms with Gasteiger partial charge in [0.05, 0.1) is 17.1 Å². The van der Waals surface area contributed by atoms with Crippen molar-refractivity contribution in [2.24, 2.45) is 18.7 Å². The van der Waals surface area contributed by atoms with Crippen molar-refractivity contribution in [1.82, 2.24) is 24.7 Å². The van der Waals surface area contributed by atoms with Gasteiger partial charge in [-0.15, -0.1) is 0 Å². The van der Waals surface area contributed by atoms with E-state index in [0.717, 1.165) is 42.1 Å². The van der Waals surface area contributed by atoms with Crippen molar-refractivity contribution in [3.05, 3.63) is 47.7 Å². The van der Waals surface area contributed by atoms with Gasteiger partial charge >= 0.3 is 0 Å². The third-order valence-corrected chi connectivity index (χ3v) is 6.41. The number of aryl methyl sites for hydroxylation is 1. The molecule has 1 aromatic carbocycles. The number of nitrogens with zero attached hydrogens (tertiary/aromatic N) is 5. The summed E-state index contributed by atoms with van der Waals surface area (Å²) in [5.74, 6) is 0.994. The Morgan fingerprint density at radius 3 is 2.70 bits per heavy atom. The summed E-state index contributed by atoms with van der Waals surface area (Å²) in [5, 5.41) is 5.96. The summed E-state index contributed by atoms with van der Waals surface area (Å²) in [6, 6.07) is 9.85. The SMILES string of the molecule is Cn1ccc(-c2nc(N)c(OCC3CCC(N)CC3)nc2-c2cc(Cl)c3ncccc3c2)n1. The molecular weight excluding hydrogens is 438 g/mol. The van der Waals surface area contributed by atoms with Crippen LogP contribution in [0.25, 0.3) is 33.5 Å². The Hall–Kier alpha value is -3.23. The summed E-state index contributed by atoms with van der Waals surface area (Å²) in [4.78, 5) is 13.8. The molecule has 1 aliphatic rings. The number of aromatic nitrogens is 5. The molecule has 0 saturated heterocycles. The van der Waals surface area contributed by atoms with Crippen molar-refractivity contribution in [2.45, 2.75) is 31.7 Å². The van der Waals surface area contributed by atoms with Crippen LogP contribution in [0.15, 0.2) is 42.7 Å². The molecule has 170 valence electrons. The largest absolute Gasteiger partial charge is 0.475 e. The summed E-state index contributed by atoms with van der Waals surface area (Å²) in [5.41, 5.74) is 15.7. The Kier molecular flexibility index (Phi) is 5.86. The van der Waals surface area contributed by atoms with Gasteiger partial charge in [-0.1, -0.05) is 17.7 Å². The van der Waals surface area contributed by atoms with E-state index in [-0.39, 0.29) is 5.82 Å². The Morgan fingerprint density at radius 2 is 1.94 bits per heavy atom. The molecule has 0 spiro atoms. The highest BCUT2D eigenvalue weighted by Crippen LogP contribution is 2.36. The quantitative estimate of drug-likeness (QED) is 0.454. The Morgan fingerprint density at radius 1 is 1.12 bits per heavy atom. The second kappa shape index (κ2) is 8.96. The average Bonchev–Trinajstić information content (AvgIpc) is 3.25. The second-order valence-electron chi connectivity index (χ2n) is 8.61. The number of fused-ring (bicyclic) bond motifs is 1. The molecule has 0 bridgehead atoms. The van der Waals surface area contributed by atoms with E-state index in [1.54, 1.807) is 10.9 Å². The van der Waals surface area contributed by atoms with Crippen LogP contribution in [0.2, 0.25) is 5.02 Å². The molecule has 4 aromatic rings. The molecule has 0 amide bonds. The number of benzene rings is 1. The molecule has 9 heteroatoms. The van der Waals surface area contributed by atoms with E-state index in [0.29, 0.717) is 46.6 Å². The molecule has 1 aliphatic carbocycles. The van der Waals surface area contributed by atoms with Gasteiger partial charge in [-0.25, -0.2) is 9.97 Å². The molecule has 0 unspecified atom stereocenters. The molecule has 4 N–H and O–H groups in total. The van der Waals surface area contributed by atoms with Crippen molar-refractivity contribution < 1.29 is 4.74 Å². The minimum absolute atomic E-state index is 0.237. The van der Waals surface area contributed by atoms with Crippen molar-refractivity contribution in [3.63, 3.8) is 0 Å². The zero-order valence-electron chi connectivity index (χ0n) is 18.4. The molecule has 3 heterocycles. The minimum Gasteiger partial charge on any atom is -0.475 e. The maximum absolute atomic E-state index is 6.56. The molecule has 5 rings (SSSR count). The van der Waals surface area contributed by atoms with Gasteiger partial charge in [-0.3, -0.25) is 9.67 Å². The van der Waals surface area contributed by atoms with Crippen molar-refractivity contribution in [3.8, 4) is 28.5 Å². The van der Waals surface area contributed by atoms with Gasteiger partial charge in [-0.05, 0) is 55.9 Å². The Balaban J connectivity index is 1.56.